The Labute approximate surface area is 191 Å². The Morgan fingerprint density at radius 2 is 1.48 bits per heavy atom. The smallest absolute Gasteiger partial charge is 0.126 e. The van der Waals surface area contributed by atoms with Crippen molar-refractivity contribution in [2.45, 2.75) is 6.54 Å². The summed E-state index contributed by atoms with van der Waals surface area (Å²) >= 11 is 0. The highest BCUT2D eigenvalue weighted by molar-refractivity contribution is 5.89. The van der Waals surface area contributed by atoms with E-state index in [-0.39, 0.29) is 0 Å². The normalized spacial score (nSPS) is 11.2. The number of nitrogens with zero attached hydrogens (tertiary/aromatic N) is 3. The number of pyridine rings is 1. The first-order valence-electron chi connectivity index (χ1n) is 10.8. The third-order valence-corrected chi connectivity index (χ3v) is 5.81. The second kappa shape index (κ2) is 8.51. The first-order chi connectivity index (χ1) is 16.0. The van der Waals surface area contributed by atoms with Crippen molar-refractivity contribution in [3.8, 4) is 22.5 Å². The number of rotatable bonds is 5. The molecule has 0 aliphatic heterocycles. The Morgan fingerprint density at radius 3 is 2.15 bits per heavy atom. The number of aromatic nitrogens is 2. The molecule has 0 saturated heterocycles. The minimum atomic E-state index is -0.596. The third kappa shape index (κ3) is 4.22. The van der Waals surface area contributed by atoms with Crippen LogP contribution in [0.1, 0.15) is 5.56 Å². The van der Waals surface area contributed by atoms with E-state index in [0.717, 1.165) is 45.2 Å². The van der Waals surface area contributed by atoms with Gasteiger partial charge < -0.3 is 9.47 Å². The number of anilines is 1. The zero-order chi connectivity index (χ0) is 22.9. The van der Waals surface area contributed by atoms with Crippen LogP contribution in [0.5, 0.6) is 0 Å². The van der Waals surface area contributed by atoms with E-state index in [4.69, 9.17) is 4.98 Å². The number of benzene rings is 3. The molecule has 0 radical (unpaired) electrons. The summed E-state index contributed by atoms with van der Waals surface area (Å²) in [6.07, 6.45) is 1.84. The van der Waals surface area contributed by atoms with Crippen molar-refractivity contribution < 1.29 is 8.78 Å². The first kappa shape index (κ1) is 20.9. The fraction of sp³-hybridized carbons (Fsp3) is 0.107. The molecule has 0 amide bonds. The Hall–Kier alpha value is -3.99. The van der Waals surface area contributed by atoms with Crippen LogP contribution in [0.2, 0.25) is 0 Å². The van der Waals surface area contributed by atoms with E-state index >= 15 is 0 Å². The predicted molar refractivity (Wildman–Crippen MR) is 130 cm³/mol. The van der Waals surface area contributed by atoms with Crippen molar-refractivity contribution >= 4 is 16.6 Å². The Kier molecular flexibility index (Phi) is 5.38. The second-order valence-corrected chi connectivity index (χ2v) is 8.33. The van der Waals surface area contributed by atoms with Gasteiger partial charge in [-0.05, 0) is 42.0 Å². The van der Waals surface area contributed by atoms with Gasteiger partial charge in [-0.2, -0.15) is 0 Å². The molecule has 2 heterocycles. The third-order valence-electron chi connectivity index (χ3n) is 5.81. The molecule has 0 aliphatic carbocycles. The van der Waals surface area contributed by atoms with Gasteiger partial charge in [-0.1, -0.05) is 42.5 Å². The highest BCUT2D eigenvalue weighted by Crippen LogP contribution is 2.32. The van der Waals surface area contributed by atoms with Gasteiger partial charge in [0.2, 0.25) is 0 Å². The fourth-order valence-electron chi connectivity index (χ4n) is 4.13. The molecule has 5 aromatic rings. The van der Waals surface area contributed by atoms with Crippen LogP contribution in [-0.2, 0) is 6.54 Å². The summed E-state index contributed by atoms with van der Waals surface area (Å²) in [5.74, 6) is -1.19. The van der Waals surface area contributed by atoms with Crippen molar-refractivity contribution in [2.24, 2.45) is 0 Å². The van der Waals surface area contributed by atoms with E-state index in [1.807, 2.05) is 74.9 Å². The first-order valence-corrected chi connectivity index (χ1v) is 10.8. The van der Waals surface area contributed by atoms with Crippen LogP contribution in [0.4, 0.5) is 14.5 Å². The molecule has 0 spiro atoms. The molecule has 5 heteroatoms. The number of halogens is 2. The number of hydrogen-bond acceptors (Lipinski definition) is 2. The van der Waals surface area contributed by atoms with E-state index < -0.39 is 11.6 Å². The lowest BCUT2D eigenvalue weighted by Crippen LogP contribution is -2.07. The maximum Gasteiger partial charge on any atom is 0.126 e. The topological polar surface area (TPSA) is 21.1 Å². The standard InChI is InChI=1S/C28H23F2N3/c1-32(2)25-10-8-20(9-11-25)26-14-22-15-27(21-12-23(29)16-24(30)13-21)33(28(22)17-31-26)18-19-6-4-3-5-7-19/h3-17H,18H2,1-2H3. The van der Waals surface area contributed by atoms with E-state index in [9.17, 15) is 8.78 Å². The minimum Gasteiger partial charge on any atom is -0.378 e. The van der Waals surface area contributed by atoms with Crippen LogP contribution in [-0.4, -0.2) is 23.6 Å². The SMILES string of the molecule is CN(C)c1ccc(-c2cc3cc(-c4cc(F)cc(F)c4)n(Cc4ccccc4)c3cn2)cc1. The molecular weight excluding hydrogens is 416 g/mol. The maximum atomic E-state index is 14.0. The molecule has 0 saturated carbocycles. The van der Waals surface area contributed by atoms with Crippen molar-refractivity contribution in [3.05, 3.63) is 108 Å². The summed E-state index contributed by atoms with van der Waals surface area (Å²) in [7, 11) is 4.01. The van der Waals surface area contributed by atoms with Crippen molar-refractivity contribution in [1.29, 1.82) is 0 Å². The van der Waals surface area contributed by atoms with Gasteiger partial charge in [0, 0.05) is 54.6 Å². The lowest BCUT2D eigenvalue weighted by Gasteiger charge is -2.13. The summed E-state index contributed by atoms with van der Waals surface area (Å²) in [5, 5.41) is 0.965. The number of hydrogen-bond donors (Lipinski definition) is 0. The van der Waals surface area contributed by atoms with Crippen LogP contribution < -0.4 is 4.90 Å². The lowest BCUT2D eigenvalue weighted by atomic mass is 10.1. The highest BCUT2D eigenvalue weighted by atomic mass is 19.1. The largest absolute Gasteiger partial charge is 0.378 e. The van der Waals surface area contributed by atoms with E-state index in [1.165, 1.54) is 12.1 Å². The Bertz CT molecular complexity index is 1400. The Balaban J connectivity index is 1.65. The minimum absolute atomic E-state index is 0.497. The summed E-state index contributed by atoms with van der Waals surface area (Å²) in [4.78, 5) is 6.76. The van der Waals surface area contributed by atoms with Gasteiger partial charge in [0.15, 0.2) is 0 Å². The second-order valence-electron chi connectivity index (χ2n) is 8.33. The van der Waals surface area contributed by atoms with Crippen LogP contribution in [0, 0.1) is 11.6 Å². The van der Waals surface area contributed by atoms with Crippen LogP contribution in [0.25, 0.3) is 33.4 Å². The van der Waals surface area contributed by atoms with Crippen LogP contribution >= 0.6 is 0 Å². The van der Waals surface area contributed by atoms with E-state index in [1.54, 1.807) is 0 Å². The van der Waals surface area contributed by atoms with E-state index in [2.05, 4.69) is 21.6 Å². The molecule has 0 fully saturated rings. The van der Waals surface area contributed by atoms with Crippen molar-refractivity contribution in [3.63, 3.8) is 0 Å². The molecule has 0 unspecified atom stereocenters. The maximum absolute atomic E-state index is 14.0. The van der Waals surface area contributed by atoms with Gasteiger partial charge >= 0.3 is 0 Å². The number of fused-ring (bicyclic) bond motifs is 1. The molecule has 0 atom stereocenters. The molecule has 0 N–H and O–H groups in total. The molecular formula is C28H23F2N3. The summed E-state index contributed by atoms with van der Waals surface area (Å²) in [6.45, 7) is 0.566. The molecule has 164 valence electrons. The zero-order valence-corrected chi connectivity index (χ0v) is 18.5. The Morgan fingerprint density at radius 1 is 0.788 bits per heavy atom. The summed E-state index contributed by atoms with van der Waals surface area (Å²) in [5.41, 5.74) is 6.22. The van der Waals surface area contributed by atoms with Gasteiger partial charge in [-0.15, -0.1) is 0 Å². The summed E-state index contributed by atoms with van der Waals surface area (Å²) < 4.78 is 30.1. The molecule has 5 rings (SSSR count). The van der Waals surface area contributed by atoms with Crippen LogP contribution in [0.15, 0.2) is 91.1 Å². The fourth-order valence-corrected chi connectivity index (χ4v) is 4.13. The van der Waals surface area contributed by atoms with Crippen molar-refractivity contribution in [2.75, 3.05) is 19.0 Å². The molecule has 0 bridgehead atoms. The van der Waals surface area contributed by atoms with Crippen molar-refractivity contribution in [1.82, 2.24) is 9.55 Å². The molecule has 3 aromatic carbocycles. The van der Waals surface area contributed by atoms with Gasteiger partial charge in [-0.25, -0.2) is 8.78 Å². The zero-order valence-electron chi connectivity index (χ0n) is 18.5. The van der Waals surface area contributed by atoms with Gasteiger partial charge in [0.1, 0.15) is 11.6 Å². The summed E-state index contributed by atoms with van der Waals surface area (Å²) in [6, 6.07) is 25.9. The molecule has 2 aromatic heterocycles. The predicted octanol–water partition coefficient (Wildman–Crippen LogP) is 6.76. The van der Waals surface area contributed by atoms with Crippen LogP contribution in [0.3, 0.4) is 0 Å². The molecule has 33 heavy (non-hydrogen) atoms. The highest BCUT2D eigenvalue weighted by Gasteiger charge is 2.15. The lowest BCUT2D eigenvalue weighted by molar-refractivity contribution is 0.584. The van der Waals surface area contributed by atoms with Gasteiger partial charge in [-0.3, -0.25) is 4.98 Å². The average Bonchev–Trinajstić information content (AvgIpc) is 3.17. The van der Waals surface area contributed by atoms with Gasteiger partial charge in [0.05, 0.1) is 17.4 Å². The van der Waals surface area contributed by atoms with E-state index in [0.29, 0.717) is 12.1 Å². The molecule has 3 nitrogen and oxygen atoms in total. The average molecular weight is 440 g/mol. The monoisotopic (exact) mass is 439 g/mol. The quantitative estimate of drug-likeness (QED) is 0.302. The molecule has 0 aliphatic rings. The van der Waals surface area contributed by atoms with Gasteiger partial charge in [0.25, 0.3) is 0 Å².